The van der Waals surface area contributed by atoms with Gasteiger partial charge in [0.1, 0.15) is 0 Å². The molecule has 23 heavy (non-hydrogen) atoms. The molecule has 2 amide bonds. The monoisotopic (exact) mass is 393 g/mol. The molecule has 0 spiro atoms. The average molecular weight is 395 g/mol. The van der Waals surface area contributed by atoms with Crippen LogP contribution in [0.25, 0.3) is 0 Å². The normalized spacial score (nSPS) is 10.6. The minimum absolute atomic E-state index is 0.440. The largest absolute Gasteiger partial charge is 0.329 e. The highest BCUT2D eigenvalue weighted by molar-refractivity contribution is 9.10. The van der Waals surface area contributed by atoms with Gasteiger partial charge in [-0.05, 0) is 30.7 Å². The van der Waals surface area contributed by atoms with E-state index in [4.69, 9.17) is 11.6 Å². The van der Waals surface area contributed by atoms with Gasteiger partial charge in [-0.3, -0.25) is 9.59 Å². The van der Waals surface area contributed by atoms with Crippen LogP contribution in [0.4, 0.5) is 5.69 Å². The Hall–Kier alpha value is -2.18. The fourth-order valence-corrected chi connectivity index (χ4v) is 2.22. The lowest BCUT2D eigenvalue weighted by atomic mass is 10.2. The van der Waals surface area contributed by atoms with Crippen molar-refractivity contribution in [3.63, 3.8) is 0 Å². The molecule has 0 fully saturated rings. The molecule has 0 saturated heterocycles. The van der Waals surface area contributed by atoms with Crippen LogP contribution in [-0.4, -0.2) is 18.0 Å². The number of carbonyl (C=O) groups excluding carboxylic acids is 2. The van der Waals surface area contributed by atoms with Crippen molar-refractivity contribution in [2.45, 2.75) is 6.92 Å². The van der Waals surface area contributed by atoms with Crippen molar-refractivity contribution in [3.05, 3.63) is 63.1 Å². The van der Waals surface area contributed by atoms with Crippen LogP contribution >= 0.6 is 27.5 Å². The van der Waals surface area contributed by atoms with E-state index >= 15 is 0 Å². The molecule has 118 valence electrons. The summed E-state index contributed by atoms with van der Waals surface area (Å²) >= 11 is 9.32. The summed E-state index contributed by atoms with van der Waals surface area (Å²) in [5.74, 6) is -1.70. The minimum atomic E-state index is -0.870. The van der Waals surface area contributed by atoms with Crippen LogP contribution in [0.5, 0.6) is 0 Å². The third-order valence-corrected chi connectivity index (χ3v) is 4.04. The van der Waals surface area contributed by atoms with Crippen LogP contribution in [0.2, 0.25) is 5.02 Å². The summed E-state index contributed by atoms with van der Waals surface area (Å²) in [6, 6.07) is 12.3. The molecule has 2 aromatic carbocycles. The number of hydrazone groups is 1. The molecule has 0 aliphatic heterocycles. The minimum Gasteiger partial charge on any atom is -0.318 e. The van der Waals surface area contributed by atoms with Crippen molar-refractivity contribution in [3.8, 4) is 0 Å². The molecule has 2 rings (SSSR count). The number of hydrogen-bond acceptors (Lipinski definition) is 3. The lowest BCUT2D eigenvalue weighted by Crippen LogP contribution is -2.32. The van der Waals surface area contributed by atoms with Gasteiger partial charge < -0.3 is 5.32 Å². The van der Waals surface area contributed by atoms with E-state index in [0.29, 0.717) is 10.7 Å². The first-order chi connectivity index (χ1) is 11.0. The molecule has 0 aliphatic rings. The molecular formula is C16H13BrClN3O2. The number of amides is 2. The van der Waals surface area contributed by atoms with Gasteiger partial charge in [0.05, 0.1) is 6.21 Å². The van der Waals surface area contributed by atoms with E-state index in [9.17, 15) is 9.59 Å². The summed E-state index contributed by atoms with van der Waals surface area (Å²) < 4.78 is 0.830. The SMILES string of the molecule is Cc1ccc(NC(=O)C(=O)NN=Cc2ccccc2Br)cc1Cl. The van der Waals surface area contributed by atoms with Gasteiger partial charge >= 0.3 is 11.8 Å². The Morgan fingerprint density at radius 1 is 1.17 bits per heavy atom. The maximum Gasteiger partial charge on any atom is 0.329 e. The molecule has 0 aliphatic carbocycles. The molecule has 0 radical (unpaired) electrons. The zero-order valence-corrected chi connectivity index (χ0v) is 14.5. The van der Waals surface area contributed by atoms with Crippen molar-refractivity contribution < 1.29 is 9.59 Å². The third kappa shape index (κ3) is 4.91. The van der Waals surface area contributed by atoms with Gasteiger partial charge in [0, 0.05) is 20.7 Å². The first kappa shape index (κ1) is 17.2. The fourth-order valence-electron chi connectivity index (χ4n) is 1.65. The van der Waals surface area contributed by atoms with Crippen LogP contribution in [0.1, 0.15) is 11.1 Å². The van der Waals surface area contributed by atoms with Gasteiger partial charge in [0.25, 0.3) is 0 Å². The van der Waals surface area contributed by atoms with Crippen molar-refractivity contribution in [2.24, 2.45) is 5.10 Å². The van der Waals surface area contributed by atoms with Gasteiger partial charge in [-0.15, -0.1) is 0 Å². The predicted octanol–water partition coefficient (Wildman–Crippen LogP) is 3.50. The van der Waals surface area contributed by atoms with Crippen LogP contribution in [-0.2, 0) is 9.59 Å². The molecule has 0 atom stereocenters. The van der Waals surface area contributed by atoms with Crippen LogP contribution in [0.15, 0.2) is 52.0 Å². The average Bonchev–Trinajstić information content (AvgIpc) is 2.52. The molecule has 0 aromatic heterocycles. The Labute approximate surface area is 146 Å². The number of carbonyl (C=O) groups is 2. The summed E-state index contributed by atoms with van der Waals surface area (Å²) in [6.45, 7) is 1.84. The number of nitrogens with one attached hydrogen (secondary N) is 2. The smallest absolute Gasteiger partial charge is 0.318 e. The maximum atomic E-state index is 11.8. The van der Waals surface area contributed by atoms with E-state index in [1.54, 1.807) is 18.2 Å². The summed E-state index contributed by atoms with van der Waals surface area (Å²) in [5, 5.41) is 6.72. The Morgan fingerprint density at radius 2 is 1.91 bits per heavy atom. The molecule has 0 bridgehead atoms. The second-order valence-corrected chi connectivity index (χ2v) is 5.90. The topological polar surface area (TPSA) is 70.6 Å². The number of benzene rings is 2. The highest BCUT2D eigenvalue weighted by Crippen LogP contribution is 2.19. The number of rotatable bonds is 3. The second kappa shape index (κ2) is 7.89. The summed E-state index contributed by atoms with van der Waals surface area (Å²) in [6.07, 6.45) is 1.44. The van der Waals surface area contributed by atoms with Crippen molar-refractivity contribution in [1.82, 2.24) is 5.43 Å². The van der Waals surface area contributed by atoms with Gasteiger partial charge in [-0.25, -0.2) is 5.43 Å². The Balaban J connectivity index is 1.94. The lowest BCUT2D eigenvalue weighted by molar-refractivity contribution is -0.136. The van der Waals surface area contributed by atoms with Gasteiger partial charge in [0.2, 0.25) is 0 Å². The Kier molecular flexibility index (Phi) is 5.90. The molecular weight excluding hydrogens is 382 g/mol. The lowest BCUT2D eigenvalue weighted by Gasteiger charge is -2.05. The summed E-state index contributed by atoms with van der Waals surface area (Å²) in [7, 11) is 0. The van der Waals surface area contributed by atoms with E-state index in [1.807, 2.05) is 31.2 Å². The van der Waals surface area contributed by atoms with Crippen LogP contribution in [0.3, 0.4) is 0 Å². The van der Waals surface area contributed by atoms with Gasteiger partial charge in [-0.2, -0.15) is 5.10 Å². The van der Waals surface area contributed by atoms with Crippen molar-refractivity contribution >= 4 is 51.2 Å². The molecule has 7 heteroatoms. The van der Waals surface area contributed by atoms with Gasteiger partial charge in [0.15, 0.2) is 0 Å². The number of aryl methyl sites for hydroxylation is 1. The Bertz CT molecular complexity index is 778. The second-order valence-electron chi connectivity index (χ2n) is 4.64. The molecule has 2 N–H and O–H groups in total. The van der Waals surface area contributed by atoms with E-state index in [2.05, 4.69) is 31.8 Å². The first-order valence-corrected chi connectivity index (χ1v) is 7.79. The molecule has 5 nitrogen and oxygen atoms in total. The summed E-state index contributed by atoms with van der Waals surface area (Å²) in [5.41, 5.74) is 4.27. The number of nitrogens with zero attached hydrogens (tertiary/aromatic N) is 1. The fraction of sp³-hybridized carbons (Fsp3) is 0.0625. The van der Waals surface area contributed by atoms with Crippen molar-refractivity contribution in [2.75, 3.05) is 5.32 Å². The highest BCUT2D eigenvalue weighted by atomic mass is 79.9. The Morgan fingerprint density at radius 3 is 2.61 bits per heavy atom. The van der Waals surface area contributed by atoms with Gasteiger partial charge in [-0.1, -0.05) is 51.8 Å². The number of halogens is 2. The number of hydrogen-bond donors (Lipinski definition) is 2. The third-order valence-electron chi connectivity index (χ3n) is 2.91. The van der Waals surface area contributed by atoms with E-state index in [1.165, 1.54) is 6.21 Å². The van der Waals surface area contributed by atoms with E-state index in [-0.39, 0.29) is 0 Å². The standard InChI is InChI=1S/C16H13BrClN3O2/c1-10-6-7-12(8-14(10)18)20-15(22)16(23)21-19-9-11-4-2-3-5-13(11)17/h2-9H,1H3,(H,20,22)(H,21,23). The molecule has 0 heterocycles. The van der Waals surface area contributed by atoms with Crippen LogP contribution < -0.4 is 10.7 Å². The molecule has 0 unspecified atom stereocenters. The zero-order chi connectivity index (χ0) is 16.8. The molecule has 0 saturated carbocycles. The molecule has 2 aromatic rings. The van der Waals surface area contributed by atoms with Crippen LogP contribution in [0, 0.1) is 6.92 Å². The first-order valence-electron chi connectivity index (χ1n) is 6.62. The summed E-state index contributed by atoms with van der Waals surface area (Å²) in [4.78, 5) is 23.5. The maximum absolute atomic E-state index is 11.8. The quantitative estimate of drug-likeness (QED) is 0.475. The number of anilines is 1. The zero-order valence-electron chi connectivity index (χ0n) is 12.1. The predicted molar refractivity (Wildman–Crippen MR) is 94.7 cm³/mol. The highest BCUT2D eigenvalue weighted by Gasteiger charge is 2.13. The van der Waals surface area contributed by atoms with E-state index in [0.717, 1.165) is 15.6 Å². The van der Waals surface area contributed by atoms with Crippen molar-refractivity contribution in [1.29, 1.82) is 0 Å². The van der Waals surface area contributed by atoms with E-state index < -0.39 is 11.8 Å².